The Bertz CT molecular complexity index is 465. The maximum absolute atomic E-state index is 11.2. The van der Waals surface area contributed by atoms with E-state index in [1.807, 2.05) is 6.07 Å². The Morgan fingerprint density at radius 1 is 1.62 bits per heavy atom. The summed E-state index contributed by atoms with van der Waals surface area (Å²) in [5, 5.41) is 11.7. The zero-order chi connectivity index (χ0) is 11.5. The fourth-order valence-electron chi connectivity index (χ4n) is 1.63. The van der Waals surface area contributed by atoms with E-state index in [-0.39, 0.29) is 12.5 Å². The van der Waals surface area contributed by atoms with Crippen molar-refractivity contribution < 1.29 is 4.79 Å². The van der Waals surface area contributed by atoms with Gasteiger partial charge in [0.1, 0.15) is 11.9 Å². The summed E-state index contributed by atoms with van der Waals surface area (Å²) >= 11 is 0. The number of rotatable bonds is 1. The minimum Gasteiger partial charge on any atom is -0.397 e. The number of aromatic nitrogens is 1. The Morgan fingerprint density at radius 3 is 3.12 bits per heavy atom. The van der Waals surface area contributed by atoms with Crippen LogP contribution < -0.4 is 16.0 Å². The second-order valence-electron chi connectivity index (χ2n) is 3.52. The van der Waals surface area contributed by atoms with Gasteiger partial charge >= 0.3 is 0 Å². The lowest BCUT2D eigenvalue weighted by atomic mass is 10.2. The Balaban J connectivity index is 2.32. The number of pyridine rings is 1. The number of hydrogen-bond donors (Lipinski definition) is 2. The summed E-state index contributed by atoms with van der Waals surface area (Å²) in [5.74, 6) is 0.459. The molecule has 1 aromatic rings. The van der Waals surface area contributed by atoms with Crippen LogP contribution in [0.15, 0.2) is 12.3 Å². The molecule has 1 aliphatic rings. The summed E-state index contributed by atoms with van der Waals surface area (Å²) in [4.78, 5) is 17.1. The molecule has 0 radical (unpaired) electrons. The van der Waals surface area contributed by atoms with Gasteiger partial charge in [-0.15, -0.1) is 0 Å². The van der Waals surface area contributed by atoms with Gasteiger partial charge in [0.2, 0.25) is 5.91 Å². The van der Waals surface area contributed by atoms with E-state index in [1.54, 1.807) is 11.0 Å². The van der Waals surface area contributed by atoms with E-state index >= 15 is 0 Å². The first-order valence-corrected chi connectivity index (χ1v) is 4.88. The number of nitrogens with zero attached hydrogens (tertiary/aromatic N) is 3. The van der Waals surface area contributed by atoms with E-state index in [1.165, 1.54) is 6.20 Å². The summed E-state index contributed by atoms with van der Waals surface area (Å²) in [6.45, 7) is 1.44. The molecule has 6 nitrogen and oxygen atoms in total. The predicted octanol–water partition coefficient (Wildman–Crippen LogP) is -0.528. The zero-order valence-electron chi connectivity index (χ0n) is 8.60. The smallest absolute Gasteiger partial charge is 0.239 e. The van der Waals surface area contributed by atoms with Crippen molar-refractivity contribution in [3.63, 3.8) is 0 Å². The molecule has 0 unspecified atom stereocenters. The number of nitrogens with two attached hydrogens (primary N) is 1. The summed E-state index contributed by atoms with van der Waals surface area (Å²) in [6.07, 6.45) is 1.49. The van der Waals surface area contributed by atoms with Crippen molar-refractivity contribution in [3.05, 3.63) is 17.8 Å². The Kier molecular flexibility index (Phi) is 2.60. The van der Waals surface area contributed by atoms with Gasteiger partial charge in [0, 0.05) is 13.1 Å². The molecule has 0 bridgehead atoms. The van der Waals surface area contributed by atoms with E-state index in [2.05, 4.69) is 10.3 Å². The second kappa shape index (κ2) is 4.06. The molecule has 1 amide bonds. The molecule has 82 valence electrons. The number of amides is 1. The molecular formula is C10H11N5O. The first kappa shape index (κ1) is 10.2. The van der Waals surface area contributed by atoms with Gasteiger partial charge in [-0.25, -0.2) is 4.98 Å². The number of carbonyl (C=O) groups excluding carboxylic acids is 1. The van der Waals surface area contributed by atoms with Crippen LogP contribution in [0.1, 0.15) is 5.56 Å². The third-order valence-corrected chi connectivity index (χ3v) is 2.35. The van der Waals surface area contributed by atoms with Crippen LogP contribution in [0.3, 0.4) is 0 Å². The van der Waals surface area contributed by atoms with Crippen molar-refractivity contribution in [1.82, 2.24) is 10.3 Å². The number of nitrogens with one attached hydrogen (secondary N) is 1. The van der Waals surface area contributed by atoms with Gasteiger partial charge in [-0.3, -0.25) is 4.79 Å². The lowest BCUT2D eigenvalue weighted by Crippen LogP contribution is -2.48. The molecule has 2 heterocycles. The molecule has 1 fully saturated rings. The van der Waals surface area contributed by atoms with Gasteiger partial charge in [0.15, 0.2) is 0 Å². The molecule has 1 saturated heterocycles. The van der Waals surface area contributed by atoms with E-state index in [9.17, 15) is 4.79 Å². The molecule has 16 heavy (non-hydrogen) atoms. The third kappa shape index (κ3) is 1.88. The van der Waals surface area contributed by atoms with Crippen molar-refractivity contribution in [3.8, 4) is 6.07 Å². The first-order valence-electron chi connectivity index (χ1n) is 4.88. The fraction of sp³-hybridized carbons (Fsp3) is 0.300. The minimum atomic E-state index is -0.0613. The highest BCUT2D eigenvalue weighted by molar-refractivity contribution is 5.82. The van der Waals surface area contributed by atoms with Crippen molar-refractivity contribution in [2.24, 2.45) is 0 Å². The molecule has 3 N–H and O–H groups in total. The van der Waals surface area contributed by atoms with Crippen molar-refractivity contribution >= 4 is 17.4 Å². The van der Waals surface area contributed by atoms with Crippen LogP contribution in [0, 0.1) is 11.3 Å². The van der Waals surface area contributed by atoms with E-state index in [0.717, 1.165) is 0 Å². The van der Waals surface area contributed by atoms with E-state index < -0.39 is 0 Å². The van der Waals surface area contributed by atoms with E-state index in [0.29, 0.717) is 30.2 Å². The monoisotopic (exact) mass is 217 g/mol. The lowest BCUT2D eigenvalue weighted by Gasteiger charge is -2.28. The molecule has 0 saturated carbocycles. The average Bonchev–Trinajstić information content (AvgIpc) is 2.28. The highest BCUT2D eigenvalue weighted by atomic mass is 16.2. The number of carbonyl (C=O) groups is 1. The van der Waals surface area contributed by atoms with Crippen LogP contribution >= 0.6 is 0 Å². The predicted molar refractivity (Wildman–Crippen MR) is 58.6 cm³/mol. The Labute approximate surface area is 92.7 Å². The van der Waals surface area contributed by atoms with Crippen LogP contribution in [0.4, 0.5) is 11.5 Å². The van der Waals surface area contributed by atoms with Gasteiger partial charge in [0.25, 0.3) is 0 Å². The topological polar surface area (TPSA) is 95.0 Å². The molecule has 0 aromatic carbocycles. The van der Waals surface area contributed by atoms with Crippen LogP contribution in [0.2, 0.25) is 0 Å². The largest absolute Gasteiger partial charge is 0.397 e. The molecular weight excluding hydrogens is 206 g/mol. The average molecular weight is 217 g/mol. The molecule has 1 aliphatic heterocycles. The summed E-state index contributed by atoms with van der Waals surface area (Å²) in [6, 6.07) is 3.60. The molecule has 0 spiro atoms. The molecule has 2 rings (SSSR count). The maximum atomic E-state index is 11.2. The maximum Gasteiger partial charge on any atom is 0.239 e. The zero-order valence-corrected chi connectivity index (χ0v) is 8.60. The standard InChI is InChI=1S/C10H11N5O/c11-4-7-3-8(12)5-14-10(7)15-2-1-13-9(16)6-15/h3,5H,1-2,6,12H2,(H,13,16). The van der Waals surface area contributed by atoms with Crippen LogP contribution in [-0.4, -0.2) is 30.5 Å². The lowest BCUT2D eigenvalue weighted by molar-refractivity contribution is -0.120. The van der Waals surface area contributed by atoms with Gasteiger partial charge < -0.3 is 16.0 Å². The molecule has 0 aliphatic carbocycles. The Morgan fingerprint density at radius 2 is 2.44 bits per heavy atom. The number of piperazine rings is 1. The van der Waals surface area contributed by atoms with E-state index in [4.69, 9.17) is 11.0 Å². The number of nitriles is 1. The van der Waals surface area contributed by atoms with Crippen molar-refractivity contribution in [1.29, 1.82) is 5.26 Å². The van der Waals surface area contributed by atoms with Crippen molar-refractivity contribution in [2.45, 2.75) is 0 Å². The van der Waals surface area contributed by atoms with Gasteiger partial charge in [-0.2, -0.15) is 5.26 Å². The second-order valence-corrected chi connectivity index (χ2v) is 3.52. The summed E-state index contributed by atoms with van der Waals surface area (Å²) in [7, 11) is 0. The summed E-state index contributed by atoms with van der Waals surface area (Å²) in [5.41, 5.74) is 6.39. The molecule has 1 aromatic heterocycles. The van der Waals surface area contributed by atoms with Gasteiger partial charge in [-0.1, -0.05) is 0 Å². The third-order valence-electron chi connectivity index (χ3n) is 2.35. The highest BCUT2D eigenvalue weighted by Crippen LogP contribution is 2.19. The van der Waals surface area contributed by atoms with Gasteiger partial charge in [0.05, 0.1) is 24.0 Å². The SMILES string of the molecule is N#Cc1cc(N)cnc1N1CCNC(=O)C1. The number of nitrogen functional groups attached to an aromatic ring is 1. The van der Waals surface area contributed by atoms with Crippen molar-refractivity contribution in [2.75, 3.05) is 30.3 Å². The van der Waals surface area contributed by atoms with Crippen LogP contribution in [0.25, 0.3) is 0 Å². The summed E-state index contributed by atoms with van der Waals surface area (Å²) < 4.78 is 0. The van der Waals surface area contributed by atoms with Gasteiger partial charge in [-0.05, 0) is 6.07 Å². The van der Waals surface area contributed by atoms with Crippen LogP contribution in [0.5, 0.6) is 0 Å². The number of hydrogen-bond acceptors (Lipinski definition) is 5. The normalized spacial score (nSPS) is 15.4. The quantitative estimate of drug-likeness (QED) is 0.659. The number of anilines is 2. The first-order chi connectivity index (χ1) is 7.70. The molecule has 0 atom stereocenters. The van der Waals surface area contributed by atoms with Crippen LogP contribution in [-0.2, 0) is 4.79 Å². The fourth-order valence-corrected chi connectivity index (χ4v) is 1.63. The highest BCUT2D eigenvalue weighted by Gasteiger charge is 2.20. The molecule has 6 heteroatoms. The Hall–Kier alpha value is -2.29. The minimum absolute atomic E-state index is 0.0613.